The molecule has 1 atom stereocenters. The molecule has 1 aliphatic rings. The fraction of sp³-hybridized carbons (Fsp3) is 0.500. The number of hydrogen-bond donors (Lipinski definition) is 1. The Balaban J connectivity index is 2.40. The van der Waals surface area contributed by atoms with Crippen LogP contribution >= 0.6 is 0 Å². The van der Waals surface area contributed by atoms with Gasteiger partial charge in [0.25, 0.3) is 0 Å². The van der Waals surface area contributed by atoms with Gasteiger partial charge in [-0.15, -0.1) is 0 Å². The predicted octanol–water partition coefficient (Wildman–Crippen LogP) is -2.64. The summed E-state index contributed by atoms with van der Waals surface area (Å²) in [5, 5.41) is 9.45. The van der Waals surface area contributed by atoms with Crippen molar-refractivity contribution in [3.63, 3.8) is 0 Å². The molecule has 0 aromatic rings. The number of nitrogens with one attached hydrogen (secondary N) is 1. The molecule has 1 unspecified atom stereocenters. The van der Waals surface area contributed by atoms with E-state index in [4.69, 9.17) is 0 Å². The molecule has 0 amide bonds. The lowest BCUT2D eigenvalue weighted by atomic mass is 10.7. The molecule has 1 saturated heterocycles. The van der Waals surface area contributed by atoms with Gasteiger partial charge >= 0.3 is 5.97 Å². The fourth-order valence-electron chi connectivity index (χ4n) is 0.290. The van der Waals surface area contributed by atoms with E-state index >= 15 is 0 Å². The zero-order chi connectivity index (χ0) is 5.28. The third-order valence-corrected chi connectivity index (χ3v) is 0.545. The molecule has 7 heavy (non-hydrogen) atoms. The molecule has 0 aromatic heterocycles. The summed E-state index contributed by atoms with van der Waals surface area (Å²) in [7, 11) is 0. The largest absolute Gasteiger partial charge is 0.609 e. The fourth-order valence-corrected chi connectivity index (χ4v) is 0.290. The quantitative estimate of drug-likeness (QED) is 0.341. The second-order valence-corrected chi connectivity index (χ2v) is 1.13. The summed E-state index contributed by atoms with van der Waals surface area (Å²) < 4.78 is 0. The first kappa shape index (κ1) is 4.51. The van der Waals surface area contributed by atoms with Gasteiger partial charge in [0.05, 0.1) is 0 Å². The van der Waals surface area contributed by atoms with Crippen molar-refractivity contribution in [2.45, 2.75) is 0 Å². The van der Waals surface area contributed by atoms with Gasteiger partial charge in [-0.2, -0.15) is 0 Å². The van der Waals surface area contributed by atoms with Crippen molar-refractivity contribution in [1.82, 2.24) is 5.59 Å². The number of hydrogen-bond acceptors (Lipinski definition) is 3. The second kappa shape index (κ2) is 1.45. The minimum atomic E-state index is -0.565. The van der Waals surface area contributed by atoms with Crippen LogP contribution in [0.15, 0.2) is 0 Å². The van der Waals surface area contributed by atoms with Gasteiger partial charge in [0.1, 0.15) is 0 Å². The van der Waals surface area contributed by atoms with Crippen LogP contribution in [0.1, 0.15) is 0 Å². The van der Waals surface area contributed by atoms with Gasteiger partial charge in [0.2, 0.25) is 0 Å². The van der Waals surface area contributed by atoms with E-state index < -0.39 is 11.1 Å². The average Bonchev–Trinajstić information content (AvgIpc) is 1.87. The zero-order valence-electron chi connectivity index (χ0n) is 3.38. The molecule has 5 nitrogen and oxygen atoms in total. The Bertz CT molecular complexity index is 92.9. The van der Waals surface area contributed by atoms with E-state index in [9.17, 15) is 10.0 Å². The van der Waals surface area contributed by atoms with Crippen LogP contribution in [0, 0.1) is 5.21 Å². The highest BCUT2D eigenvalue weighted by atomic mass is 16.8. The summed E-state index contributed by atoms with van der Waals surface area (Å²) in [5.74, 6) is -0.565. The predicted molar refractivity (Wildman–Crippen MR) is 17.4 cm³/mol. The Morgan fingerprint density at radius 1 is 2.00 bits per heavy atom. The van der Waals surface area contributed by atoms with Gasteiger partial charge < -0.3 is 5.21 Å². The molecule has 5 heteroatoms. The smallest absolute Gasteiger partial charge is 0.389 e. The topological polar surface area (TPSA) is 67.9 Å². The SMILES string of the molecule is O=C1C[NH+]([O-])[N]O1. The van der Waals surface area contributed by atoms with E-state index in [0.717, 1.165) is 0 Å². The van der Waals surface area contributed by atoms with Crippen LogP contribution in [0.3, 0.4) is 0 Å². The van der Waals surface area contributed by atoms with Crippen molar-refractivity contribution in [1.29, 1.82) is 0 Å². The van der Waals surface area contributed by atoms with E-state index in [2.05, 4.69) is 10.4 Å². The molecule has 0 spiro atoms. The van der Waals surface area contributed by atoms with E-state index in [1.807, 2.05) is 0 Å². The van der Waals surface area contributed by atoms with E-state index in [0.29, 0.717) is 0 Å². The summed E-state index contributed by atoms with van der Waals surface area (Å²) in [6.45, 7) is -0.194. The van der Waals surface area contributed by atoms with Gasteiger partial charge in [-0.05, 0) is 0 Å². The highest BCUT2D eigenvalue weighted by Crippen LogP contribution is 1.70. The Morgan fingerprint density at radius 2 is 2.71 bits per heavy atom. The highest BCUT2D eigenvalue weighted by Gasteiger charge is 2.20. The van der Waals surface area contributed by atoms with Crippen molar-refractivity contribution in [3.05, 3.63) is 5.21 Å². The first-order valence-electron chi connectivity index (χ1n) is 1.73. The van der Waals surface area contributed by atoms with Crippen LogP contribution in [0.4, 0.5) is 0 Å². The van der Waals surface area contributed by atoms with Crippen LogP contribution < -0.4 is 10.8 Å². The Kier molecular flexibility index (Phi) is 0.935. The van der Waals surface area contributed by atoms with Crippen LogP contribution in [0.25, 0.3) is 0 Å². The normalized spacial score (nSPS) is 30.4. The average molecular weight is 103 g/mol. The molecule has 1 N–H and O–H groups in total. The third kappa shape index (κ3) is 0.861. The molecule has 0 saturated carbocycles. The molecule has 1 aliphatic heterocycles. The molecule has 0 aliphatic carbocycles. The van der Waals surface area contributed by atoms with Gasteiger partial charge in [-0.25, -0.2) is 9.97 Å². The van der Waals surface area contributed by atoms with Crippen molar-refractivity contribution in [2.24, 2.45) is 0 Å². The number of carbonyl (C=O) groups is 1. The van der Waals surface area contributed by atoms with Crippen molar-refractivity contribution < 1.29 is 14.8 Å². The maximum atomic E-state index is 9.94. The van der Waals surface area contributed by atoms with Crippen LogP contribution in [0.5, 0.6) is 0 Å². The molecular formula is C2H3N2O3. The van der Waals surface area contributed by atoms with Crippen molar-refractivity contribution in [2.75, 3.05) is 6.54 Å². The lowest BCUT2D eigenvalue weighted by molar-refractivity contribution is -0.903. The second-order valence-electron chi connectivity index (χ2n) is 1.13. The third-order valence-electron chi connectivity index (χ3n) is 0.545. The minimum absolute atomic E-state index is 0.194. The van der Waals surface area contributed by atoms with Gasteiger partial charge in [-0.3, -0.25) is 4.84 Å². The summed E-state index contributed by atoms with van der Waals surface area (Å²) in [4.78, 5) is 13.8. The lowest BCUT2D eigenvalue weighted by Crippen LogP contribution is -3.08. The first-order valence-corrected chi connectivity index (χ1v) is 1.73. The zero-order valence-corrected chi connectivity index (χ0v) is 3.38. The van der Waals surface area contributed by atoms with Crippen LogP contribution in [-0.2, 0) is 9.63 Å². The summed E-state index contributed by atoms with van der Waals surface area (Å²) in [6, 6.07) is 0. The minimum Gasteiger partial charge on any atom is -0.609 e. The van der Waals surface area contributed by atoms with E-state index in [1.165, 1.54) is 0 Å². The molecule has 1 heterocycles. The molecule has 1 fully saturated rings. The number of nitrogens with zero attached hydrogens (tertiary/aromatic N) is 1. The van der Waals surface area contributed by atoms with Crippen LogP contribution in [0.2, 0.25) is 0 Å². The number of quaternary nitrogens is 1. The molecule has 0 aromatic carbocycles. The monoisotopic (exact) mass is 103 g/mol. The summed E-state index contributed by atoms with van der Waals surface area (Å²) in [5.41, 5.74) is 2.83. The number of carbonyl (C=O) groups excluding carboxylic acids is 1. The van der Waals surface area contributed by atoms with Gasteiger partial charge in [-0.1, -0.05) is 0 Å². The first-order chi connectivity index (χ1) is 3.29. The van der Waals surface area contributed by atoms with Crippen molar-refractivity contribution in [3.8, 4) is 0 Å². The molecular weight excluding hydrogens is 100 g/mol. The lowest BCUT2D eigenvalue weighted by Gasteiger charge is -2.01. The number of rotatable bonds is 0. The van der Waals surface area contributed by atoms with Crippen molar-refractivity contribution >= 4 is 5.97 Å². The summed E-state index contributed by atoms with van der Waals surface area (Å²) >= 11 is 0. The molecule has 1 radical (unpaired) electrons. The maximum Gasteiger partial charge on any atom is 0.389 e. The maximum absolute atomic E-state index is 9.94. The van der Waals surface area contributed by atoms with Gasteiger partial charge in [0, 0.05) is 0 Å². The number of hydroxylamine groups is 1. The summed E-state index contributed by atoms with van der Waals surface area (Å²) in [6.07, 6.45) is 0. The standard InChI is InChI=1S/C2H3N2O3/c5-2-1-4(6)3-7-2/h4H,1H2. The van der Waals surface area contributed by atoms with Crippen LogP contribution in [-0.4, -0.2) is 12.5 Å². The van der Waals surface area contributed by atoms with E-state index in [1.54, 1.807) is 0 Å². The van der Waals surface area contributed by atoms with E-state index in [-0.39, 0.29) is 6.54 Å². The Labute approximate surface area is 39.4 Å². The molecule has 1 rings (SSSR count). The van der Waals surface area contributed by atoms with Gasteiger partial charge in [0.15, 0.2) is 12.1 Å². The Morgan fingerprint density at radius 3 is 2.86 bits per heavy atom. The molecule has 0 bridgehead atoms. The molecule has 39 valence electrons. The highest BCUT2D eigenvalue weighted by molar-refractivity contribution is 5.70. The Hall–Kier alpha value is -0.650.